The van der Waals surface area contributed by atoms with Crippen molar-refractivity contribution in [2.24, 2.45) is 5.92 Å². The number of nitrogens with zero attached hydrogens (tertiary/aromatic N) is 1. The first-order valence-corrected chi connectivity index (χ1v) is 6.48. The largest absolute Gasteiger partial charge is 0.467 e. The minimum atomic E-state index is -0.776. The molecule has 7 heteroatoms. The van der Waals surface area contributed by atoms with Crippen LogP contribution in [0, 0.1) is 16.0 Å². The number of non-ortho nitro benzene ring substituents is 1. The van der Waals surface area contributed by atoms with Gasteiger partial charge < -0.3 is 10.1 Å². The second-order valence-electron chi connectivity index (χ2n) is 4.99. The van der Waals surface area contributed by atoms with Crippen molar-refractivity contribution >= 4 is 17.6 Å². The molecule has 7 nitrogen and oxygen atoms in total. The molecule has 0 saturated heterocycles. The number of ether oxygens (including phenoxy) is 1. The third kappa shape index (κ3) is 4.87. The van der Waals surface area contributed by atoms with Gasteiger partial charge in [0.15, 0.2) is 0 Å². The minimum Gasteiger partial charge on any atom is -0.467 e. The fraction of sp³-hybridized carbons (Fsp3) is 0.429. The number of hydrogen-bond donors (Lipinski definition) is 1. The molecule has 0 heterocycles. The molecule has 1 rings (SSSR count). The second kappa shape index (κ2) is 7.37. The van der Waals surface area contributed by atoms with Crippen LogP contribution in [0.15, 0.2) is 24.3 Å². The van der Waals surface area contributed by atoms with Crippen LogP contribution in [0.3, 0.4) is 0 Å². The molecule has 0 fully saturated rings. The van der Waals surface area contributed by atoms with Crippen LogP contribution in [0.2, 0.25) is 0 Å². The fourth-order valence-corrected chi connectivity index (χ4v) is 1.83. The molecular weight excluding hydrogens is 276 g/mol. The predicted molar refractivity (Wildman–Crippen MR) is 75.8 cm³/mol. The predicted octanol–water partition coefficient (Wildman–Crippen LogP) is 1.91. The van der Waals surface area contributed by atoms with Crippen LogP contribution in [0.5, 0.6) is 0 Å². The third-order valence-electron chi connectivity index (χ3n) is 2.82. The molecule has 114 valence electrons. The molecular formula is C14H18N2O5. The molecule has 1 atom stereocenters. The average molecular weight is 294 g/mol. The van der Waals surface area contributed by atoms with E-state index in [0.29, 0.717) is 6.42 Å². The number of esters is 1. The summed E-state index contributed by atoms with van der Waals surface area (Å²) in [6.07, 6.45) is 0.424. The van der Waals surface area contributed by atoms with Crippen molar-refractivity contribution < 1.29 is 19.2 Å². The smallest absolute Gasteiger partial charge is 0.328 e. The van der Waals surface area contributed by atoms with Gasteiger partial charge in [-0.25, -0.2) is 4.79 Å². The Morgan fingerprint density at radius 1 is 1.38 bits per heavy atom. The molecule has 1 aromatic rings. The molecule has 0 aromatic heterocycles. The van der Waals surface area contributed by atoms with Gasteiger partial charge in [-0.05, 0) is 18.4 Å². The highest BCUT2D eigenvalue weighted by Crippen LogP contribution is 2.14. The lowest BCUT2D eigenvalue weighted by Crippen LogP contribution is -2.42. The molecule has 0 aliphatic rings. The molecule has 1 aromatic carbocycles. The Kier molecular flexibility index (Phi) is 5.83. The number of nitro groups is 1. The molecule has 0 aliphatic carbocycles. The van der Waals surface area contributed by atoms with Gasteiger partial charge in [0.1, 0.15) is 6.04 Å². The fourth-order valence-electron chi connectivity index (χ4n) is 1.83. The second-order valence-corrected chi connectivity index (χ2v) is 4.99. The third-order valence-corrected chi connectivity index (χ3v) is 2.82. The molecule has 0 aliphatic heterocycles. The van der Waals surface area contributed by atoms with E-state index in [1.165, 1.54) is 31.4 Å². The number of nitrogens with one attached hydrogen (secondary N) is 1. The van der Waals surface area contributed by atoms with E-state index in [4.69, 9.17) is 0 Å². The zero-order valence-electron chi connectivity index (χ0n) is 12.2. The van der Waals surface area contributed by atoms with Crippen molar-refractivity contribution in [3.05, 3.63) is 39.9 Å². The highest BCUT2D eigenvalue weighted by atomic mass is 16.6. The van der Waals surface area contributed by atoms with Crippen LogP contribution in [0.4, 0.5) is 5.69 Å². The summed E-state index contributed by atoms with van der Waals surface area (Å²) in [5.41, 5.74) is -0.0528. The minimum absolute atomic E-state index is 0.127. The Morgan fingerprint density at radius 3 is 2.57 bits per heavy atom. The monoisotopic (exact) mass is 294 g/mol. The van der Waals surface area contributed by atoms with Crippen molar-refractivity contribution in [3.63, 3.8) is 0 Å². The summed E-state index contributed by atoms with van der Waals surface area (Å²) < 4.78 is 4.65. The molecule has 0 unspecified atom stereocenters. The number of amides is 1. The van der Waals surface area contributed by atoms with E-state index in [-0.39, 0.29) is 17.2 Å². The van der Waals surface area contributed by atoms with Gasteiger partial charge in [0.2, 0.25) is 0 Å². The molecule has 1 N–H and O–H groups in total. The van der Waals surface area contributed by atoms with E-state index in [1.54, 1.807) is 0 Å². The summed E-state index contributed by atoms with van der Waals surface area (Å²) in [6, 6.07) is 4.55. The van der Waals surface area contributed by atoms with E-state index in [0.717, 1.165) is 0 Å². The first-order valence-electron chi connectivity index (χ1n) is 6.48. The molecule has 0 bridgehead atoms. The topological polar surface area (TPSA) is 98.5 Å². The van der Waals surface area contributed by atoms with Crippen molar-refractivity contribution in [3.8, 4) is 0 Å². The molecule has 1 amide bonds. The maximum atomic E-state index is 12.1. The Bertz CT molecular complexity index is 542. The number of nitro benzene ring substituents is 1. The summed E-state index contributed by atoms with van der Waals surface area (Å²) in [7, 11) is 1.25. The number of rotatable bonds is 6. The van der Waals surface area contributed by atoms with Crippen LogP contribution in [-0.4, -0.2) is 30.0 Å². The summed E-state index contributed by atoms with van der Waals surface area (Å²) in [6.45, 7) is 3.82. The molecule has 21 heavy (non-hydrogen) atoms. The van der Waals surface area contributed by atoms with Gasteiger partial charge in [0.05, 0.1) is 12.0 Å². The van der Waals surface area contributed by atoms with Gasteiger partial charge in [-0.1, -0.05) is 19.9 Å². The Balaban J connectivity index is 2.88. The van der Waals surface area contributed by atoms with E-state index in [2.05, 4.69) is 10.1 Å². The highest BCUT2D eigenvalue weighted by molar-refractivity contribution is 5.97. The van der Waals surface area contributed by atoms with E-state index >= 15 is 0 Å². The lowest BCUT2D eigenvalue weighted by Gasteiger charge is -2.18. The van der Waals surface area contributed by atoms with Crippen LogP contribution in [0.1, 0.15) is 30.6 Å². The zero-order chi connectivity index (χ0) is 16.0. The van der Waals surface area contributed by atoms with E-state index in [9.17, 15) is 19.7 Å². The zero-order valence-corrected chi connectivity index (χ0v) is 12.2. The maximum absolute atomic E-state index is 12.1. The number of methoxy groups -OCH3 is 1. The van der Waals surface area contributed by atoms with Crippen LogP contribution < -0.4 is 5.32 Å². The number of carbonyl (C=O) groups is 2. The molecule has 0 spiro atoms. The van der Waals surface area contributed by atoms with Crippen LogP contribution in [0.25, 0.3) is 0 Å². The first-order chi connectivity index (χ1) is 9.85. The SMILES string of the molecule is COC(=O)[C@H](CC(C)C)NC(=O)c1cccc([N+](=O)[O-])c1. The maximum Gasteiger partial charge on any atom is 0.328 e. The number of hydrogen-bond acceptors (Lipinski definition) is 5. The molecule has 0 saturated carbocycles. The van der Waals surface area contributed by atoms with Crippen molar-refractivity contribution in [1.82, 2.24) is 5.32 Å². The van der Waals surface area contributed by atoms with Gasteiger partial charge in [-0.2, -0.15) is 0 Å². The first kappa shape index (κ1) is 16.6. The number of benzene rings is 1. The lowest BCUT2D eigenvalue weighted by molar-refractivity contribution is -0.384. The quantitative estimate of drug-likeness (QED) is 0.491. The average Bonchev–Trinajstić information content (AvgIpc) is 2.45. The van der Waals surface area contributed by atoms with Crippen molar-refractivity contribution in [1.29, 1.82) is 0 Å². The Labute approximate surface area is 122 Å². The van der Waals surface area contributed by atoms with Gasteiger partial charge in [-0.15, -0.1) is 0 Å². The lowest BCUT2D eigenvalue weighted by atomic mass is 10.0. The van der Waals surface area contributed by atoms with Gasteiger partial charge >= 0.3 is 5.97 Å². The van der Waals surface area contributed by atoms with Crippen LogP contribution >= 0.6 is 0 Å². The van der Waals surface area contributed by atoms with Crippen molar-refractivity contribution in [2.45, 2.75) is 26.3 Å². The number of carbonyl (C=O) groups excluding carboxylic acids is 2. The summed E-state index contributed by atoms with van der Waals surface area (Å²) in [5, 5.41) is 13.2. The van der Waals surface area contributed by atoms with Gasteiger partial charge in [0.25, 0.3) is 11.6 Å². The summed E-state index contributed by atoms with van der Waals surface area (Å²) >= 11 is 0. The highest BCUT2D eigenvalue weighted by Gasteiger charge is 2.23. The normalized spacial score (nSPS) is 11.8. The van der Waals surface area contributed by atoms with Crippen molar-refractivity contribution in [2.75, 3.05) is 7.11 Å². The van der Waals surface area contributed by atoms with E-state index in [1.807, 2.05) is 13.8 Å². The summed E-state index contributed by atoms with van der Waals surface area (Å²) in [5.74, 6) is -0.906. The Morgan fingerprint density at radius 2 is 2.05 bits per heavy atom. The Hall–Kier alpha value is -2.44. The van der Waals surface area contributed by atoms with Crippen LogP contribution in [-0.2, 0) is 9.53 Å². The standard InChI is InChI=1S/C14H18N2O5/c1-9(2)7-12(14(18)21-3)15-13(17)10-5-4-6-11(8-10)16(19)20/h4-6,8-9,12H,7H2,1-3H3,(H,15,17)/t12-/m0/s1. The summed E-state index contributed by atoms with van der Waals surface area (Å²) in [4.78, 5) is 33.9. The van der Waals surface area contributed by atoms with Gasteiger partial charge in [-0.3, -0.25) is 14.9 Å². The molecule has 0 radical (unpaired) electrons. The van der Waals surface area contributed by atoms with Gasteiger partial charge in [0, 0.05) is 17.7 Å². The van der Waals surface area contributed by atoms with E-state index < -0.39 is 22.8 Å².